The Morgan fingerprint density at radius 1 is 1.14 bits per heavy atom. The molecule has 1 aromatic heterocycles. The molecule has 0 amide bonds. The summed E-state index contributed by atoms with van der Waals surface area (Å²) in [6.45, 7) is 10.5. The molecule has 0 saturated heterocycles. The minimum atomic E-state index is -3.23. The molecule has 1 aliphatic heterocycles. The highest BCUT2D eigenvalue weighted by molar-refractivity contribution is 7.90. The molecule has 0 aromatic carbocycles. The van der Waals surface area contributed by atoms with E-state index in [9.17, 15) is 8.42 Å². The van der Waals surface area contributed by atoms with Crippen molar-refractivity contribution in [2.45, 2.75) is 90.4 Å². The van der Waals surface area contributed by atoms with Gasteiger partial charge < -0.3 is 9.47 Å². The molecule has 0 spiro atoms. The lowest BCUT2D eigenvalue weighted by molar-refractivity contribution is 0.255. The van der Waals surface area contributed by atoms with Crippen LogP contribution in [0.3, 0.4) is 0 Å². The molecule has 2 heterocycles. The summed E-state index contributed by atoms with van der Waals surface area (Å²) in [5.41, 5.74) is 1.19. The van der Waals surface area contributed by atoms with Crippen molar-refractivity contribution in [3.05, 3.63) is 30.1 Å². The highest BCUT2D eigenvalue weighted by atomic mass is 32.2. The zero-order valence-electron chi connectivity index (χ0n) is 22.9. The van der Waals surface area contributed by atoms with Gasteiger partial charge in [-0.05, 0) is 61.8 Å². The Morgan fingerprint density at radius 2 is 1.94 bits per heavy atom. The van der Waals surface area contributed by atoms with E-state index in [-0.39, 0.29) is 4.90 Å². The molecule has 1 fully saturated rings. The first-order valence-corrected chi connectivity index (χ1v) is 15.8. The second kappa shape index (κ2) is 13.6. The maximum Gasteiger partial charge on any atom is 0.213 e. The van der Waals surface area contributed by atoms with Crippen molar-refractivity contribution in [1.29, 1.82) is 0 Å². The molecule has 5 unspecified atom stereocenters. The Hall–Kier alpha value is -1.89. The van der Waals surface area contributed by atoms with Gasteiger partial charge in [0.15, 0.2) is 15.7 Å². The topological polar surface area (TPSA) is 77.9 Å². The van der Waals surface area contributed by atoms with Crippen LogP contribution in [0.15, 0.2) is 40.0 Å². The summed E-state index contributed by atoms with van der Waals surface area (Å²) in [6, 6.07) is 3.20. The number of pyridine rings is 1. The molecular formula is C29H46N2O4S. The van der Waals surface area contributed by atoms with E-state index in [4.69, 9.17) is 14.5 Å². The van der Waals surface area contributed by atoms with Crippen molar-refractivity contribution in [3.63, 3.8) is 0 Å². The van der Waals surface area contributed by atoms with E-state index in [2.05, 4.69) is 38.8 Å². The molecule has 5 atom stereocenters. The van der Waals surface area contributed by atoms with Crippen molar-refractivity contribution in [1.82, 2.24) is 4.98 Å². The number of allylic oxidation sites excluding steroid dienone is 1. The van der Waals surface area contributed by atoms with Gasteiger partial charge in [0.1, 0.15) is 0 Å². The molecule has 2 aliphatic rings. The second-order valence-electron chi connectivity index (χ2n) is 10.8. The molecule has 36 heavy (non-hydrogen) atoms. The van der Waals surface area contributed by atoms with Crippen LogP contribution in [0.25, 0.3) is 0 Å². The van der Waals surface area contributed by atoms with E-state index in [1.165, 1.54) is 50.3 Å². The molecular weight excluding hydrogens is 472 g/mol. The van der Waals surface area contributed by atoms with Crippen LogP contribution in [0.4, 0.5) is 0 Å². The number of rotatable bonds is 15. The van der Waals surface area contributed by atoms with E-state index >= 15 is 0 Å². The molecule has 0 radical (unpaired) electrons. The Balaban J connectivity index is 1.44. The number of aromatic nitrogens is 1. The summed E-state index contributed by atoms with van der Waals surface area (Å²) in [5.74, 6) is 4.61. The van der Waals surface area contributed by atoms with Gasteiger partial charge in [-0.15, -0.1) is 0 Å². The second-order valence-corrected chi connectivity index (χ2v) is 12.8. The number of aliphatic imine (C=N–C) groups is 1. The maximum absolute atomic E-state index is 11.6. The van der Waals surface area contributed by atoms with Crippen molar-refractivity contribution in [2.24, 2.45) is 34.6 Å². The first-order valence-electron chi connectivity index (χ1n) is 13.9. The standard InChI is InChI=1S/C29H46N2O4S/c1-6-9-23(13-12-21(3)22(4)29-31-25(10-7-2)11-8-17-35-29)27-19-24(27)16-18-34-28-15-14-26(20-30-28)36(5,32)33/h11,14-15,20-24,27H,6-10,12-13,16-19H2,1-5H3. The molecule has 1 aromatic rings. The quantitative estimate of drug-likeness (QED) is 0.253. The molecule has 0 N–H and O–H groups in total. The monoisotopic (exact) mass is 518 g/mol. The average molecular weight is 519 g/mol. The SMILES string of the molecule is CCCC1=CCCOC(C(C)C(C)CCC(CCC)C2CC2CCOc2ccc(S(C)(=O)=O)cn2)=N1. The van der Waals surface area contributed by atoms with E-state index in [1.54, 1.807) is 12.1 Å². The van der Waals surface area contributed by atoms with Gasteiger partial charge in [-0.1, -0.05) is 53.0 Å². The normalized spacial score (nSPS) is 22.5. The molecule has 7 heteroatoms. The van der Waals surface area contributed by atoms with Crippen LogP contribution in [-0.4, -0.2) is 38.8 Å². The van der Waals surface area contributed by atoms with Crippen molar-refractivity contribution in [3.8, 4) is 5.88 Å². The predicted octanol–water partition coefficient (Wildman–Crippen LogP) is 6.86. The molecule has 202 valence electrons. The van der Waals surface area contributed by atoms with Crippen LogP contribution in [-0.2, 0) is 14.6 Å². The average Bonchev–Trinajstić information content (AvgIpc) is 3.65. The van der Waals surface area contributed by atoms with E-state index in [1.807, 2.05) is 0 Å². The van der Waals surface area contributed by atoms with Crippen molar-refractivity contribution in [2.75, 3.05) is 19.5 Å². The van der Waals surface area contributed by atoms with E-state index < -0.39 is 9.84 Å². The molecule has 6 nitrogen and oxygen atoms in total. The first-order chi connectivity index (χ1) is 17.2. The summed E-state index contributed by atoms with van der Waals surface area (Å²) in [6.07, 6.45) is 15.2. The Morgan fingerprint density at radius 3 is 2.61 bits per heavy atom. The zero-order valence-corrected chi connectivity index (χ0v) is 23.7. The first kappa shape index (κ1) is 28.7. The number of hydrogen-bond donors (Lipinski definition) is 0. The number of sulfone groups is 1. The lowest BCUT2D eigenvalue weighted by Crippen LogP contribution is -2.23. The zero-order chi connectivity index (χ0) is 26.1. The van der Waals surface area contributed by atoms with Crippen molar-refractivity contribution >= 4 is 15.7 Å². The third-order valence-electron chi connectivity index (χ3n) is 7.86. The third-order valence-corrected chi connectivity index (χ3v) is 8.96. The van der Waals surface area contributed by atoms with Gasteiger partial charge in [-0.2, -0.15) is 0 Å². The van der Waals surface area contributed by atoms with Crippen LogP contribution in [0.2, 0.25) is 0 Å². The van der Waals surface area contributed by atoms with Crippen LogP contribution in [0, 0.1) is 29.6 Å². The van der Waals surface area contributed by atoms with Gasteiger partial charge in [0, 0.05) is 36.6 Å². The molecule has 0 bridgehead atoms. The fourth-order valence-corrected chi connectivity index (χ4v) is 5.90. The van der Waals surface area contributed by atoms with Gasteiger partial charge in [0.25, 0.3) is 0 Å². The highest BCUT2D eigenvalue weighted by Crippen LogP contribution is 2.50. The fourth-order valence-electron chi connectivity index (χ4n) is 5.34. The summed E-state index contributed by atoms with van der Waals surface area (Å²) in [4.78, 5) is 9.26. The lowest BCUT2D eigenvalue weighted by Gasteiger charge is -2.24. The summed E-state index contributed by atoms with van der Waals surface area (Å²) >= 11 is 0. The molecule has 1 aliphatic carbocycles. The third kappa shape index (κ3) is 8.60. The van der Waals surface area contributed by atoms with Crippen LogP contribution >= 0.6 is 0 Å². The van der Waals surface area contributed by atoms with Crippen molar-refractivity contribution < 1.29 is 17.9 Å². The summed E-state index contributed by atoms with van der Waals surface area (Å²) in [5, 5.41) is 0. The predicted molar refractivity (Wildman–Crippen MR) is 146 cm³/mol. The number of hydrogen-bond acceptors (Lipinski definition) is 6. The van der Waals surface area contributed by atoms with Gasteiger partial charge in [-0.25, -0.2) is 18.4 Å². The van der Waals surface area contributed by atoms with E-state index in [0.717, 1.165) is 55.9 Å². The fraction of sp³-hybridized carbons (Fsp3) is 0.724. The van der Waals surface area contributed by atoms with Gasteiger partial charge in [0.2, 0.25) is 5.88 Å². The minimum Gasteiger partial charge on any atom is -0.480 e. The number of ether oxygens (including phenoxy) is 2. The Labute approximate surface area is 218 Å². The summed E-state index contributed by atoms with van der Waals surface area (Å²) < 4.78 is 35.0. The smallest absolute Gasteiger partial charge is 0.213 e. The van der Waals surface area contributed by atoms with Gasteiger partial charge in [-0.3, -0.25) is 0 Å². The molecule has 3 rings (SSSR count). The maximum atomic E-state index is 11.6. The largest absolute Gasteiger partial charge is 0.480 e. The van der Waals surface area contributed by atoms with Crippen LogP contribution < -0.4 is 4.74 Å². The van der Waals surface area contributed by atoms with Gasteiger partial charge >= 0.3 is 0 Å². The van der Waals surface area contributed by atoms with Crippen LogP contribution in [0.1, 0.15) is 85.5 Å². The van der Waals surface area contributed by atoms with Crippen LogP contribution in [0.5, 0.6) is 5.88 Å². The number of nitrogens with zero attached hydrogens (tertiary/aromatic N) is 2. The highest BCUT2D eigenvalue weighted by Gasteiger charge is 2.41. The minimum absolute atomic E-state index is 0.221. The lowest BCUT2D eigenvalue weighted by atomic mass is 9.84. The Kier molecular flexibility index (Phi) is 10.8. The summed E-state index contributed by atoms with van der Waals surface area (Å²) in [7, 11) is -3.23. The van der Waals surface area contributed by atoms with Gasteiger partial charge in [0.05, 0.1) is 18.1 Å². The molecule has 1 saturated carbocycles. The Bertz CT molecular complexity index is 987. The van der Waals surface area contributed by atoms with E-state index in [0.29, 0.717) is 24.3 Å².